The average Bonchev–Trinajstić information content (AvgIpc) is 3.25. The highest BCUT2D eigenvalue weighted by Gasteiger charge is 2.51. The molecule has 3 aliphatic heterocycles. The number of carbonyl (C=O) groups excluding carboxylic acids is 1. The second-order valence-corrected chi connectivity index (χ2v) is 18.9. The van der Waals surface area contributed by atoms with Gasteiger partial charge in [0.25, 0.3) is 0 Å². The van der Waals surface area contributed by atoms with E-state index in [1.165, 1.54) is 0 Å². The minimum Gasteiger partial charge on any atom is -0.481 e. The van der Waals surface area contributed by atoms with E-state index in [1.54, 1.807) is 51.2 Å². The summed E-state index contributed by atoms with van der Waals surface area (Å²) in [7, 11) is 0. The fourth-order valence-corrected chi connectivity index (χ4v) is 8.94. The number of aliphatic hydroxyl groups excluding tert-OH is 9. The lowest BCUT2D eigenvalue weighted by Gasteiger charge is -2.46. The van der Waals surface area contributed by atoms with E-state index >= 15 is 0 Å². The second kappa shape index (κ2) is 29.9. The first-order valence-electron chi connectivity index (χ1n) is 24.1. The Morgan fingerprint density at radius 3 is 2.01 bits per heavy atom. The Balaban J connectivity index is 1.86. The van der Waals surface area contributed by atoms with Gasteiger partial charge < -0.3 is 80.9 Å². The van der Waals surface area contributed by atoms with Crippen molar-refractivity contribution in [3.63, 3.8) is 0 Å². The summed E-state index contributed by atoms with van der Waals surface area (Å²) in [5.74, 6) is -7.07. The summed E-state index contributed by atoms with van der Waals surface area (Å²) in [6.45, 7) is 6.96. The minimum absolute atomic E-state index is 0.0664. The first-order valence-corrected chi connectivity index (χ1v) is 24.1. The van der Waals surface area contributed by atoms with E-state index in [1.807, 2.05) is 49.5 Å². The topological polar surface area (TPSA) is 320 Å². The Kier molecular flexibility index (Phi) is 26.0. The van der Waals surface area contributed by atoms with Crippen LogP contribution in [0.5, 0.6) is 0 Å². The van der Waals surface area contributed by atoms with Crippen LogP contribution < -0.4 is 5.73 Å². The molecule has 0 aromatic carbocycles. The van der Waals surface area contributed by atoms with Gasteiger partial charge in [-0.1, -0.05) is 86.8 Å². The van der Waals surface area contributed by atoms with Crippen LogP contribution in [0.3, 0.4) is 0 Å². The predicted octanol–water partition coefficient (Wildman–Crippen LogP) is 1.96. The highest BCUT2D eigenvalue weighted by Crippen LogP contribution is 2.38. The standard InChI is InChI=1S/C50H81NO17/c1-30-18-15-13-11-9-7-5-6-8-10-12-14-16-19-37(67-49-47(61)45(51)38(20-17-23-52)33(4)66-49)27-42-44(48(62)63)41(58)29-50(64,68-42)28-40(57)39(56)22-21-34(53)24-35(54)25-36(55)26-43(59)65-32(3)31(2)46(30)60/h5-6,8,10-16,18-19,30-42,44-47,49,52-58,60-61,64H,7,9,17,20-29,51H2,1-4H3,(H,62,63)/b6-5+,10-8+,13-11+,14-12+,18-15+,19-16+/t30-,31-,32-,33?,34?,35+,36+,37-,38?,39?,40+,41-,42?,44+,45?,46+,47?,49?,50+/m0/s1. The molecule has 8 unspecified atom stereocenters. The van der Waals surface area contributed by atoms with Gasteiger partial charge in [-0.3, -0.25) is 9.59 Å². The SMILES string of the molecule is CC1OC(O[C@H]2/C=C/C=C/C=C/C=C/CC/C=C/C=C/[C@H](C)[C@@H](O)[C@@H](C)[C@H](C)OC(=O)C[C@H](O)C[C@H](O)CC(O)CCC(O)[C@H](O)C[C@]3(O)C[C@H](O)[C@@H](C(=O)O)C(C2)O3)C(O)C(N)C1CCCO. The third kappa shape index (κ3) is 19.9. The highest BCUT2D eigenvalue weighted by molar-refractivity contribution is 5.71. The van der Waals surface area contributed by atoms with E-state index in [0.717, 1.165) is 12.8 Å². The zero-order valence-electron chi connectivity index (χ0n) is 40.0. The lowest BCUT2D eigenvalue weighted by atomic mass is 9.82. The number of cyclic esters (lactones) is 1. The van der Waals surface area contributed by atoms with Crippen LogP contribution in [-0.2, 0) is 28.5 Å². The molecule has 0 aromatic rings. The number of allylic oxidation sites excluding steroid dienone is 10. The number of carboxylic acid groups (broad SMARTS) is 1. The Morgan fingerprint density at radius 1 is 0.750 bits per heavy atom. The Bertz CT molecular complexity index is 1670. The lowest BCUT2D eigenvalue weighted by molar-refractivity contribution is -0.309. The molecule has 19 atom stereocenters. The van der Waals surface area contributed by atoms with Crippen LogP contribution in [0.25, 0.3) is 0 Å². The molecule has 0 saturated carbocycles. The van der Waals surface area contributed by atoms with Gasteiger partial charge in [0, 0.05) is 49.7 Å². The van der Waals surface area contributed by atoms with Crippen molar-refractivity contribution >= 4 is 11.9 Å². The number of aliphatic carboxylic acids is 1. The van der Waals surface area contributed by atoms with E-state index in [2.05, 4.69) is 0 Å². The zero-order chi connectivity index (χ0) is 50.6. The van der Waals surface area contributed by atoms with Gasteiger partial charge in [0.05, 0.1) is 67.5 Å². The van der Waals surface area contributed by atoms with Crippen LogP contribution >= 0.6 is 0 Å². The van der Waals surface area contributed by atoms with Crippen molar-refractivity contribution in [1.82, 2.24) is 0 Å². The fraction of sp³-hybridized carbons (Fsp3) is 0.720. The molecule has 3 rings (SSSR count). The van der Waals surface area contributed by atoms with Crippen LogP contribution in [0.15, 0.2) is 72.9 Å². The van der Waals surface area contributed by atoms with Gasteiger partial charge in [-0.25, -0.2) is 0 Å². The van der Waals surface area contributed by atoms with Gasteiger partial charge in [0.1, 0.15) is 18.1 Å². The smallest absolute Gasteiger partial charge is 0.311 e. The summed E-state index contributed by atoms with van der Waals surface area (Å²) in [5.41, 5.74) is 6.43. The van der Waals surface area contributed by atoms with Crippen molar-refractivity contribution in [3.8, 4) is 0 Å². The second-order valence-electron chi connectivity index (χ2n) is 18.9. The van der Waals surface area contributed by atoms with Crippen molar-refractivity contribution in [2.45, 2.75) is 196 Å². The molecule has 2 saturated heterocycles. The number of hydrogen-bond donors (Lipinski definition) is 12. The maximum atomic E-state index is 12.6. The number of nitrogens with two attached hydrogens (primary N) is 1. The molecule has 0 radical (unpaired) electrons. The number of aliphatic hydroxyl groups is 10. The molecule has 0 aromatic heterocycles. The molecule has 2 bridgehead atoms. The Morgan fingerprint density at radius 2 is 1.35 bits per heavy atom. The monoisotopic (exact) mass is 968 g/mol. The van der Waals surface area contributed by atoms with Crippen LogP contribution in [0.4, 0.5) is 0 Å². The fourth-order valence-electron chi connectivity index (χ4n) is 8.94. The van der Waals surface area contributed by atoms with Gasteiger partial charge >= 0.3 is 11.9 Å². The third-order valence-electron chi connectivity index (χ3n) is 13.2. The van der Waals surface area contributed by atoms with Crippen molar-refractivity contribution in [2.24, 2.45) is 29.4 Å². The Hall–Kier alpha value is -3.18. The third-order valence-corrected chi connectivity index (χ3v) is 13.2. The van der Waals surface area contributed by atoms with E-state index in [-0.39, 0.29) is 50.5 Å². The van der Waals surface area contributed by atoms with Gasteiger partial charge in [-0.2, -0.15) is 0 Å². The largest absolute Gasteiger partial charge is 0.481 e. The van der Waals surface area contributed by atoms with Gasteiger partial charge in [-0.15, -0.1) is 0 Å². The minimum atomic E-state index is -2.34. The van der Waals surface area contributed by atoms with Gasteiger partial charge in [0.15, 0.2) is 12.1 Å². The van der Waals surface area contributed by atoms with E-state index < -0.39 is 134 Å². The van der Waals surface area contributed by atoms with Gasteiger partial charge in [0.2, 0.25) is 0 Å². The number of esters is 1. The van der Waals surface area contributed by atoms with Crippen LogP contribution in [-0.4, -0.2) is 166 Å². The van der Waals surface area contributed by atoms with E-state index in [0.29, 0.717) is 12.8 Å². The number of hydrogen-bond acceptors (Lipinski definition) is 17. The van der Waals surface area contributed by atoms with E-state index in [4.69, 9.17) is 24.7 Å². The summed E-state index contributed by atoms with van der Waals surface area (Å²) in [4.78, 5) is 25.2. The summed E-state index contributed by atoms with van der Waals surface area (Å²) < 4.78 is 23.8. The maximum absolute atomic E-state index is 12.6. The summed E-state index contributed by atoms with van der Waals surface area (Å²) >= 11 is 0. The van der Waals surface area contributed by atoms with Crippen LogP contribution in [0.2, 0.25) is 0 Å². The molecule has 0 spiro atoms. The molecule has 3 aliphatic rings. The number of ether oxygens (including phenoxy) is 4. The first kappa shape index (κ1) is 59.1. The molecule has 68 heavy (non-hydrogen) atoms. The molecule has 13 N–H and O–H groups in total. The molecule has 3 heterocycles. The highest BCUT2D eigenvalue weighted by atomic mass is 16.7. The van der Waals surface area contributed by atoms with Crippen LogP contribution in [0.1, 0.15) is 105 Å². The molecule has 0 aliphatic carbocycles. The van der Waals surface area contributed by atoms with Crippen molar-refractivity contribution in [3.05, 3.63) is 72.9 Å². The number of carboxylic acids is 1. The average molecular weight is 968 g/mol. The van der Waals surface area contributed by atoms with Gasteiger partial charge in [-0.05, 0) is 65.2 Å². The van der Waals surface area contributed by atoms with Crippen molar-refractivity contribution < 1.29 is 84.7 Å². The number of rotatable bonds is 6. The van der Waals surface area contributed by atoms with Crippen LogP contribution in [0, 0.1) is 23.7 Å². The maximum Gasteiger partial charge on any atom is 0.311 e. The first-order chi connectivity index (χ1) is 32.2. The normalized spacial score (nSPS) is 43.8. The summed E-state index contributed by atoms with van der Waals surface area (Å²) in [5, 5.41) is 118. The molecular weight excluding hydrogens is 887 g/mol. The summed E-state index contributed by atoms with van der Waals surface area (Å²) in [6, 6.07) is -0.791. The Labute approximate surface area is 400 Å². The van der Waals surface area contributed by atoms with E-state index in [9.17, 15) is 65.8 Å². The predicted molar refractivity (Wildman–Crippen MR) is 251 cm³/mol. The summed E-state index contributed by atoms with van der Waals surface area (Å²) in [6.07, 6.45) is 5.45. The molecule has 388 valence electrons. The number of carbonyl (C=O) groups is 2. The molecule has 18 nitrogen and oxygen atoms in total. The molecule has 0 amide bonds. The zero-order valence-corrected chi connectivity index (χ0v) is 40.0. The quantitative estimate of drug-likeness (QED) is 0.169. The van der Waals surface area contributed by atoms with Crippen molar-refractivity contribution in [1.29, 1.82) is 0 Å². The lowest BCUT2D eigenvalue weighted by Crippen LogP contribution is -2.59. The molecule has 18 heteroatoms. The van der Waals surface area contributed by atoms with Crippen molar-refractivity contribution in [2.75, 3.05) is 6.61 Å². The molecule has 2 fully saturated rings. The molecular formula is C50H81NO17. The number of fused-ring (bicyclic) bond motifs is 2.